The minimum Gasteiger partial charge on any atom is -0.481 e. The number of carbonyl (C=O) groups is 3. The van der Waals surface area contributed by atoms with Crippen LogP contribution in [0.3, 0.4) is 0 Å². The van der Waals surface area contributed by atoms with Crippen LogP contribution in [0.25, 0.3) is 11.1 Å². The van der Waals surface area contributed by atoms with Gasteiger partial charge in [-0.1, -0.05) is 55.0 Å². The first-order valence-electron chi connectivity index (χ1n) is 11.6. The van der Waals surface area contributed by atoms with Crippen LogP contribution in [0.1, 0.15) is 42.7 Å². The van der Waals surface area contributed by atoms with E-state index in [9.17, 15) is 19.5 Å². The van der Waals surface area contributed by atoms with Gasteiger partial charge in [-0.3, -0.25) is 9.59 Å². The molecule has 3 atom stereocenters. The molecular weight excluding hydrogens is 436 g/mol. The molecule has 8 heteroatoms. The van der Waals surface area contributed by atoms with Crippen molar-refractivity contribution >= 4 is 18.0 Å². The van der Waals surface area contributed by atoms with Crippen LogP contribution < -0.4 is 10.6 Å². The molecule has 0 radical (unpaired) electrons. The topological polar surface area (TPSA) is 114 Å². The van der Waals surface area contributed by atoms with Crippen molar-refractivity contribution in [3.05, 3.63) is 59.7 Å². The zero-order valence-electron chi connectivity index (χ0n) is 19.2. The van der Waals surface area contributed by atoms with Crippen molar-refractivity contribution in [2.45, 2.75) is 43.7 Å². The van der Waals surface area contributed by atoms with Crippen molar-refractivity contribution in [2.75, 3.05) is 20.3 Å². The van der Waals surface area contributed by atoms with Crippen LogP contribution in [0.4, 0.5) is 4.79 Å². The van der Waals surface area contributed by atoms with E-state index < -0.39 is 36.0 Å². The van der Waals surface area contributed by atoms with E-state index in [0.29, 0.717) is 12.8 Å². The van der Waals surface area contributed by atoms with E-state index in [0.717, 1.165) is 28.7 Å². The van der Waals surface area contributed by atoms with E-state index in [1.807, 2.05) is 36.4 Å². The molecule has 2 aromatic rings. The molecule has 0 saturated heterocycles. The first-order chi connectivity index (χ1) is 16.5. The zero-order valence-corrected chi connectivity index (χ0v) is 19.2. The van der Waals surface area contributed by atoms with E-state index in [4.69, 9.17) is 9.47 Å². The molecule has 1 fully saturated rings. The summed E-state index contributed by atoms with van der Waals surface area (Å²) >= 11 is 0. The summed E-state index contributed by atoms with van der Waals surface area (Å²) in [4.78, 5) is 37.0. The fourth-order valence-corrected chi connectivity index (χ4v) is 5.00. The Balaban J connectivity index is 1.39. The predicted molar refractivity (Wildman–Crippen MR) is 125 cm³/mol. The Hall–Kier alpha value is -3.39. The molecule has 1 saturated carbocycles. The highest BCUT2D eigenvalue weighted by Crippen LogP contribution is 2.44. The van der Waals surface area contributed by atoms with Crippen molar-refractivity contribution in [1.82, 2.24) is 10.6 Å². The summed E-state index contributed by atoms with van der Waals surface area (Å²) in [5.74, 6) is -2.04. The molecule has 34 heavy (non-hydrogen) atoms. The Kier molecular flexibility index (Phi) is 7.47. The molecule has 8 nitrogen and oxygen atoms in total. The number of carboxylic acids is 1. The molecule has 3 N–H and O–H groups in total. The maximum absolute atomic E-state index is 12.9. The van der Waals surface area contributed by atoms with Crippen molar-refractivity contribution in [1.29, 1.82) is 0 Å². The van der Waals surface area contributed by atoms with Crippen molar-refractivity contribution in [3.8, 4) is 11.1 Å². The van der Waals surface area contributed by atoms with Gasteiger partial charge in [0.05, 0.1) is 5.92 Å². The first kappa shape index (κ1) is 23.8. The van der Waals surface area contributed by atoms with E-state index in [1.54, 1.807) is 0 Å². The molecule has 0 aliphatic heterocycles. The molecule has 1 unspecified atom stereocenters. The van der Waals surface area contributed by atoms with Gasteiger partial charge in [-0.05, 0) is 35.1 Å². The lowest BCUT2D eigenvalue weighted by molar-refractivity contribution is -0.142. The largest absolute Gasteiger partial charge is 0.481 e. The highest BCUT2D eigenvalue weighted by atomic mass is 16.5. The summed E-state index contributed by atoms with van der Waals surface area (Å²) in [7, 11) is 1.51. The number of methoxy groups -OCH3 is 1. The number of hydrogen-bond acceptors (Lipinski definition) is 5. The third-order valence-corrected chi connectivity index (χ3v) is 6.72. The van der Waals surface area contributed by atoms with Crippen LogP contribution >= 0.6 is 0 Å². The fraction of sp³-hybridized carbons (Fsp3) is 0.423. The number of nitrogens with one attached hydrogen (secondary N) is 2. The lowest BCUT2D eigenvalue weighted by atomic mass is 9.98. The summed E-state index contributed by atoms with van der Waals surface area (Å²) in [5, 5.41) is 14.8. The van der Waals surface area contributed by atoms with E-state index in [2.05, 4.69) is 22.8 Å². The molecule has 0 heterocycles. The zero-order chi connectivity index (χ0) is 24.1. The molecule has 0 spiro atoms. The second-order valence-electron chi connectivity index (χ2n) is 8.79. The molecule has 0 aromatic heterocycles. The Morgan fingerprint density at radius 3 is 2.29 bits per heavy atom. The molecule has 2 amide bonds. The Bertz CT molecular complexity index is 1010. The van der Waals surface area contributed by atoms with Gasteiger partial charge in [0.2, 0.25) is 5.91 Å². The summed E-state index contributed by atoms with van der Waals surface area (Å²) in [5.41, 5.74) is 4.47. The number of rotatable bonds is 9. The van der Waals surface area contributed by atoms with Crippen LogP contribution in [0, 0.1) is 5.92 Å². The second kappa shape index (κ2) is 10.7. The number of carboxylic acid groups (broad SMARTS) is 1. The summed E-state index contributed by atoms with van der Waals surface area (Å²) in [6, 6.07) is 14.8. The van der Waals surface area contributed by atoms with Crippen LogP contribution in [0.5, 0.6) is 0 Å². The van der Waals surface area contributed by atoms with Gasteiger partial charge in [-0.15, -0.1) is 0 Å². The van der Waals surface area contributed by atoms with E-state index >= 15 is 0 Å². The molecule has 0 bridgehead atoms. The SMILES string of the molecule is COCCC(NC(=O)OCC1c2ccccc2-c2ccccc21)C(=O)N[C@@H]1CCC[C@@H]1C(=O)O. The lowest BCUT2D eigenvalue weighted by Gasteiger charge is -2.23. The Morgan fingerprint density at radius 1 is 1.03 bits per heavy atom. The highest BCUT2D eigenvalue weighted by Gasteiger charge is 2.36. The third kappa shape index (κ3) is 5.07. The predicted octanol–water partition coefficient (Wildman–Crippen LogP) is 3.30. The normalized spacial score (nSPS) is 19.7. The van der Waals surface area contributed by atoms with Gasteiger partial charge in [0.1, 0.15) is 12.6 Å². The minimum absolute atomic E-state index is 0.0841. The average molecular weight is 467 g/mol. The van der Waals surface area contributed by atoms with Crippen molar-refractivity contribution in [2.24, 2.45) is 5.92 Å². The fourth-order valence-electron chi connectivity index (χ4n) is 5.00. The summed E-state index contributed by atoms with van der Waals surface area (Å²) < 4.78 is 10.7. The number of alkyl carbamates (subject to hydrolysis) is 1. The molecule has 2 aromatic carbocycles. The van der Waals surface area contributed by atoms with Crippen molar-refractivity contribution < 1.29 is 29.0 Å². The number of hydrogen-bond donors (Lipinski definition) is 3. The number of benzene rings is 2. The second-order valence-corrected chi connectivity index (χ2v) is 8.79. The third-order valence-electron chi connectivity index (χ3n) is 6.72. The van der Waals surface area contributed by atoms with Gasteiger partial charge in [-0.2, -0.15) is 0 Å². The average Bonchev–Trinajstić information content (AvgIpc) is 3.43. The van der Waals surface area contributed by atoms with Crippen LogP contribution in [0.2, 0.25) is 0 Å². The van der Waals surface area contributed by atoms with Crippen molar-refractivity contribution in [3.63, 3.8) is 0 Å². The van der Waals surface area contributed by atoms with Crippen LogP contribution in [0.15, 0.2) is 48.5 Å². The number of fused-ring (bicyclic) bond motifs is 3. The smallest absolute Gasteiger partial charge is 0.407 e. The van der Waals surface area contributed by atoms with Gasteiger partial charge >= 0.3 is 12.1 Å². The van der Waals surface area contributed by atoms with Gasteiger partial charge < -0.3 is 25.2 Å². The highest BCUT2D eigenvalue weighted by molar-refractivity contribution is 5.86. The lowest BCUT2D eigenvalue weighted by Crippen LogP contribution is -2.51. The summed E-state index contributed by atoms with van der Waals surface area (Å²) in [6.07, 6.45) is 1.42. The Labute approximate surface area is 198 Å². The van der Waals surface area contributed by atoms with Crippen LogP contribution in [-0.4, -0.2) is 55.5 Å². The summed E-state index contributed by atoms with van der Waals surface area (Å²) in [6.45, 7) is 0.400. The van der Waals surface area contributed by atoms with Gasteiger partial charge in [0, 0.05) is 32.1 Å². The number of amides is 2. The number of aliphatic carboxylic acids is 1. The maximum Gasteiger partial charge on any atom is 0.407 e. The maximum atomic E-state index is 12.9. The molecular formula is C26H30N2O6. The monoisotopic (exact) mass is 466 g/mol. The Morgan fingerprint density at radius 2 is 1.68 bits per heavy atom. The number of ether oxygens (including phenoxy) is 2. The van der Waals surface area contributed by atoms with Crippen LogP contribution in [-0.2, 0) is 19.1 Å². The quantitative estimate of drug-likeness (QED) is 0.523. The van der Waals surface area contributed by atoms with E-state index in [1.165, 1.54) is 7.11 Å². The van der Waals surface area contributed by atoms with E-state index in [-0.39, 0.29) is 25.6 Å². The van der Waals surface area contributed by atoms with Gasteiger partial charge in [-0.25, -0.2) is 4.79 Å². The first-order valence-corrected chi connectivity index (χ1v) is 11.6. The molecule has 2 aliphatic carbocycles. The van der Waals surface area contributed by atoms with Gasteiger partial charge in [0.15, 0.2) is 0 Å². The molecule has 4 rings (SSSR count). The number of carbonyl (C=O) groups excluding carboxylic acids is 2. The standard InChI is InChI=1S/C26H30N2O6/c1-33-14-13-23(24(29)27-22-12-6-11-20(22)25(30)31)28-26(32)34-15-21-18-9-4-2-7-16(18)17-8-3-5-10-19(17)21/h2-5,7-10,20-23H,6,11-15H2,1H3,(H,27,29)(H,28,32)(H,30,31)/t20-,22+,23?/m0/s1. The van der Waals surface area contributed by atoms with Gasteiger partial charge in [0.25, 0.3) is 0 Å². The molecule has 180 valence electrons. The molecule has 2 aliphatic rings. The minimum atomic E-state index is -0.916.